The average Bonchev–Trinajstić information content (AvgIpc) is 2.92. The van der Waals surface area contributed by atoms with Crippen LogP contribution in [0.3, 0.4) is 0 Å². The van der Waals surface area contributed by atoms with Gasteiger partial charge in [-0.3, -0.25) is 4.79 Å². The SMILES string of the molecule is CCCCOCCCN1C(=O)CSC1c1ccc(CC)cc1. The van der Waals surface area contributed by atoms with Gasteiger partial charge in [0.1, 0.15) is 5.37 Å². The first-order valence-electron chi connectivity index (χ1n) is 8.34. The number of benzene rings is 1. The fourth-order valence-electron chi connectivity index (χ4n) is 2.58. The summed E-state index contributed by atoms with van der Waals surface area (Å²) in [5.41, 5.74) is 2.58. The van der Waals surface area contributed by atoms with Gasteiger partial charge in [-0.15, -0.1) is 11.8 Å². The lowest BCUT2D eigenvalue weighted by molar-refractivity contribution is -0.128. The molecule has 122 valence electrons. The van der Waals surface area contributed by atoms with Gasteiger partial charge in [-0.1, -0.05) is 44.5 Å². The standard InChI is InChI=1S/C18H27NO2S/c1-3-5-12-21-13-6-11-19-17(20)14-22-18(19)16-9-7-15(4-2)8-10-16/h7-10,18H,3-6,11-14H2,1-2H3. The average molecular weight is 321 g/mol. The van der Waals surface area contributed by atoms with Crippen molar-refractivity contribution in [2.24, 2.45) is 0 Å². The van der Waals surface area contributed by atoms with Crippen LogP contribution in [0.1, 0.15) is 49.6 Å². The molecule has 4 heteroatoms. The Kier molecular flexibility index (Phi) is 7.26. The van der Waals surface area contributed by atoms with E-state index in [1.807, 2.05) is 4.90 Å². The van der Waals surface area contributed by atoms with Gasteiger partial charge in [0.2, 0.25) is 5.91 Å². The van der Waals surface area contributed by atoms with E-state index < -0.39 is 0 Å². The minimum absolute atomic E-state index is 0.175. The van der Waals surface area contributed by atoms with Gasteiger partial charge in [0, 0.05) is 19.8 Å². The molecule has 1 fully saturated rings. The molecule has 1 aliphatic heterocycles. The third kappa shape index (κ3) is 4.75. The first-order chi connectivity index (χ1) is 10.8. The zero-order valence-electron chi connectivity index (χ0n) is 13.7. The van der Waals surface area contributed by atoms with Gasteiger partial charge in [0.15, 0.2) is 0 Å². The van der Waals surface area contributed by atoms with Crippen molar-refractivity contribution in [1.82, 2.24) is 4.90 Å². The molecule has 1 amide bonds. The third-order valence-electron chi connectivity index (χ3n) is 3.97. The van der Waals surface area contributed by atoms with Crippen LogP contribution in [0, 0.1) is 0 Å². The molecule has 0 bridgehead atoms. The van der Waals surface area contributed by atoms with E-state index in [-0.39, 0.29) is 11.3 Å². The normalized spacial score (nSPS) is 18.2. The van der Waals surface area contributed by atoms with Crippen molar-refractivity contribution in [1.29, 1.82) is 0 Å². The third-order valence-corrected chi connectivity index (χ3v) is 5.23. The quantitative estimate of drug-likeness (QED) is 0.643. The lowest BCUT2D eigenvalue weighted by Gasteiger charge is -2.24. The van der Waals surface area contributed by atoms with E-state index in [0.29, 0.717) is 5.75 Å². The number of unbranched alkanes of at least 4 members (excludes halogenated alkanes) is 1. The van der Waals surface area contributed by atoms with Crippen LogP contribution in [0.4, 0.5) is 0 Å². The number of ether oxygens (including phenoxy) is 1. The number of amides is 1. The van der Waals surface area contributed by atoms with E-state index in [0.717, 1.165) is 45.4 Å². The highest BCUT2D eigenvalue weighted by Gasteiger charge is 2.32. The number of thioether (sulfide) groups is 1. The molecule has 0 radical (unpaired) electrons. The summed E-state index contributed by atoms with van der Waals surface area (Å²) >= 11 is 1.73. The number of carbonyl (C=O) groups is 1. The topological polar surface area (TPSA) is 29.5 Å². The predicted molar refractivity (Wildman–Crippen MR) is 93.1 cm³/mol. The number of carbonyl (C=O) groups excluding carboxylic acids is 1. The van der Waals surface area contributed by atoms with Crippen LogP contribution in [0.5, 0.6) is 0 Å². The molecule has 0 spiro atoms. The van der Waals surface area contributed by atoms with Crippen LogP contribution in [-0.2, 0) is 16.0 Å². The Morgan fingerprint density at radius 3 is 2.59 bits per heavy atom. The maximum absolute atomic E-state index is 12.1. The molecule has 1 aliphatic rings. The Morgan fingerprint density at radius 1 is 1.18 bits per heavy atom. The van der Waals surface area contributed by atoms with Crippen molar-refractivity contribution in [2.45, 2.75) is 44.9 Å². The zero-order valence-corrected chi connectivity index (χ0v) is 14.5. The molecule has 0 N–H and O–H groups in total. The van der Waals surface area contributed by atoms with Crippen molar-refractivity contribution in [3.05, 3.63) is 35.4 Å². The van der Waals surface area contributed by atoms with Crippen molar-refractivity contribution in [3.8, 4) is 0 Å². The Labute approximate surface area is 138 Å². The molecule has 1 aromatic carbocycles. The molecule has 0 aromatic heterocycles. The fourth-order valence-corrected chi connectivity index (χ4v) is 3.79. The van der Waals surface area contributed by atoms with Gasteiger partial charge in [-0.2, -0.15) is 0 Å². The summed E-state index contributed by atoms with van der Waals surface area (Å²) in [4.78, 5) is 14.1. The van der Waals surface area contributed by atoms with Crippen molar-refractivity contribution >= 4 is 17.7 Å². The first kappa shape index (κ1) is 17.4. The van der Waals surface area contributed by atoms with Gasteiger partial charge < -0.3 is 9.64 Å². The van der Waals surface area contributed by atoms with Crippen molar-refractivity contribution in [2.75, 3.05) is 25.5 Å². The molecule has 22 heavy (non-hydrogen) atoms. The highest BCUT2D eigenvalue weighted by Crippen LogP contribution is 2.38. The molecule has 3 nitrogen and oxygen atoms in total. The molecule has 0 aliphatic carbocycles. The Hall–Kier alpha value is -1.00. The smallest absolute Gasteiger partial charge is 0.233 e. The summed E-state index contributed by atoms with van der Waals surface area (Å²) in [6, 6.07) is 8.68. The molecule has 1 atom stereocenters. The molecule has 0 saturated carbocycles. The second kappa shape index (κ2) is 9.21. The van der Waals surface area contributed by atoms with Crippen LogP contribution in [0.2, 0.25) is 0 Å². The van der Waals surface area contributed by atoms with Gasteiger partial charge in [0.05, 0.1) is 5.75 Å². The van der Waals surface area contributed by atoms with Gasteiger partial charge >= 0.3 is 0 Å². The van der Waals surface area contributed by atoms with E-state index in [2.05, 4.69) is 38.1 Å². The van der Waals surface area contributed by atoms with Crippen molar-refractivity contribution < 1.29 is 9.53 Å². The first-order valence-corrected chi connectivity index (χ1v) is 9.38. The molecule has 1 heterocycles. The van der Waals surface area contributed by atoms with E-state index >= 15 is 0 Å². The lowest BCUT2D eigenvalue weighted by Crippen LogP contribution is -2.29. The summed E-state index contributed by atoms with van der Waals surface area (Å²) in [6.07, 6.45) is 4.25. The predicted octanol–water partition coefficient (Wildman–Crippen LogP) is 4.03. The van der Waals surface area contributed by atoms with E-state index in [1.54, 1.807) is 11.8 Å². The molecular formula is C18H27NO2S. The van der Waals surface area contributed by atoms with Crippen LogP contribution >= 0.6 is 11.8 Å². The largest absolute Gasteiger partial charge is 0.381 e. The summed E-state index contributed by atoms with van der Waals surface area (Å²) in [6.45, 7) is 6.70. The summed E-state index contributed by atoms with van der Waals surface area (Å²) in [5, 5.41) is 0.175. The van der Waals surface area contributed by atoms with Crippen LogP contribution in [-0.4, -0.2) is 36.3 Å². The number of nitrogens with zero attached hydrogens (tertiary/aromatic N) is 1. The minimum Gasteiger partial charge on any atom is -0.381 e. The van der Waals surface area contributed by atoms with Crippen molar-refractivity contribution in [3.63, 3.8) is 0 Å². The highest BCUT2D eigenvalue weighted by molar-refractivity contribution is 8.00. The van der Waals surface area contributed by atoms with Gasteiger partial charge in [-0.05, 0) is 30.4 Å². The van der Waals surface area contributed by atoms with E-state index in [1.165, 1.54) is 11.1 Å². The molecule has 2 rings (SSSR count). The molecular weight excluding hydrogens is 294 g/mol. The molecule has 1 unspecified atom stereocenters. The van der Waals surface area contributed by atoms with Gasteiger partial charge in [-0.25, -0.2) is 0 Å². The number of aryl methyl sites for hydroxylation is 1. The van der Waals surface area contributed by atoms with Crippen LogP contribution in [0.25, 0.3) is 0 Å². The number of hydrogen-bond acceptors (Lipinski definition) is 3. The molecule has 1 aromatic rings. The maximum atomic E-state index is 12.1. The van der Waals surface area contributed by atoms with E-state index in [9.17, 15) is 4.79 Å². The van der Waals surface area contributed by atoms with Gasteiger partial charge in [0.25, 0.3) is 0 Å². The Bertz CT molecular complexity index is 461. The number of rotatable bonds is 9. The molecule has 1 saturated heterocycles. The summed E-state index contributed by atoms with van der Waals surface area (Å²) in [7, 11) is 0. The summed E-state index contributed by atoms with van der Waals surface area (Å²) < 4.78 is 5.60. The zero-order chi connectivity index (χ0) is 15.8. The Morgan fingerprint density at radius 2 is 1.91 bits per heavy atom. The Balaban J connectivity index is 1.85. The monoisotopic (exact) mass is 321 g/mol. The maximum Gasteiger partial charge on any atom is 0.233 e. The summed E-state index contributed by atoms with van der Waals surface area (Å²) in [5.74, 6) is 0.847. The van der Waals surface area contributed by atoms with E-state index in [4.69, 9.17) is 4.74 Å². The second-order valence-electron chi connectivity index (χ2n) is 5.67. The number of hydrogen-bond donors (Lipinski definition) is 0. The lowest BCUT2D eigenvalue weighted by atomic mass is 10.1. The highest BCUT2D eigenvalue weighted by atomic mass is 32.2. The second-order valence-corrected chi connectivity index (χ2v) is 6.73. The minimum atomic E-state index is 0.175. The fraction of sp³-hybridized carbons (Fsp3) is 0.611. The van der Waals surface area contributed by atoms with Crippen LogP contribution in [0.15, 0.2) is 24.3 Å². The van der Waals surface area contributed by atoms with Crippen LogP contribution < -0.4 is 0 Å².